The minimum Gasteiger partial charge on any atom is -0.479 e. The van der Waals surface area contributed by atoms with Crippen molar-refractivity contribution in [2.24, 2.45) is 0 Å². The van der Waals surface area contributed by atoms with E-state index in [2.05, 4.69) is 5.32 Å². The van der Waals surface area contributed by atoms with Crippen molar-refractivity contribution >= 4 is 17.6 Å². The van der Waals surface area contributed by atoms with Crippen molar-refractivity contribution in [2.75, 3.05) is 12.4 Å². The van der Waals surface area contributed by atoms with Gasteiger partial charge in [-0.25, -0.2) is 4.79 Å². The normalized spacial score (nSPS) is 25.9. The van der Waals surface area contributed by atoms with Crippen LogP contribution in [0.2, 0.25) is 0 Å². The van der Waals surface area contributed by atoms with E-state index in [0.717, 1.165) is 5.56 Å². The first-order valence-electron chi connectivity index (χ1n) is 7.67. The Hall–Kier alpha value is -2.36. The Morgan fingerprint density at radius 1 is 1.36 bits per heavy atom. The number of carboxylic acids is 1. The molecule has 0 aliphatic carbocycles. The van der Waals surface area contributed by atoms with Crippen molar-refractivity contribution in [2.45, 2.75) is 44.6 Å². The third-order valence-electron chi connectivity index (χ3n) is 3.69. The number of hydrogen-bond acceptors (Lipinski definition) is 8. The lowest BCUT2D eigenvalue weighted by Gasteiger charge is -2.35. The van der Waals surface area contributed by atoms with Crippen molar-refractivity contribution < 1.29 is 39.1 Å². The van der Waals surface area contributed by atoms with E-state index in [-0.39, 0.29) is 13.0 Å². The highest BCUT2D eigenvalue weighted by Gasteiger charge is 2.42. The van der Waals surface area contributed by atoms with Crippen LogP contribution in [0.4, 0.5) is 5.69 Å². The molecular weight excluding hydrogens is 334 g/mol. The SMILES string of the molecule is CNc1cc(COC(C)=O)ccc1O[C@H]1C[C@@H](O)[C@H](O)[C@@H](C(=O)O)O1. The second kappa shape index (κ2) is 8.15. The molecule has 1 fully saturated rings. The monoisotopic (exact) mass is 355 g/mol. The maximum atomic E-state index is 11.1. The van der Waals surface area contributed by atoms with Crippen LogP contribution in [-0.2, 0) is 25.7 Å². The van der Waals surface area contributed by atoms with Crippen molar-refractivity contribution in [3.8, 4) is 5.75 Å². The van der Waals surface area contributed by atoms with Crippen molar-refractivity contribution in [1.82, 2.24) is 0 Å². The molecule has 4 N–H and O–H groups in total. The van der Waals surface area contributed by atoms with Gasteiger partial charge in [0.15, 0.2) is 6.10 Å². The predicted molar refractivity (Wildman–Crippen MR) is 85.0 cm³/mol. The molecule has 0 unspecified atom stereocenters. The van der Waals surface area contributed by atoms with Gasteiger partial charge in [-0.1, -0.05) is 6.07 Å². The summed E-state index contributed by atoms with van der Waals surface area (Å²) < 4.78 is 15.8. The average Bonchev–Trinajstić information content (AvgIpc) is 2.56. The molecule has 1 aliphatic rings. The average molecular weight is 355 g/mol. The maximum absolute atomic E-state index is 11.1. The van der Waals surface area contributed by atoms with Crippen LogP contribution in [0.15, 0.2) is 18.2 Å². The summed E-state index contributed by atoms with van der Waals surface area (Å²) in [5.74, 6) is -1.41. The van der Waals surface area contributed by atoms with Crippen LogP contribution in [0.5, 0.6) is 5.75 Å². The molecule has 4 atom stereocenters. The molecular formula is C16H21NO8. The zero-order chi connectivity index (χ0) is 18.6. The van der Waals surface area contributed by atoms with Gasteiger partial charge in [0.2, 0.25) is 6.29 Å². The third-order valence-corrected chi connectivity index (χ3v) is 3.69. The second-order valence-electron chi connectivity index (χ2n) is 5.60. The molecule has 25 heavy (non-hydrogen) atoms. The number of rotatable bonds is 6. The first-order valence-corrected chi connectivity index (χ1v) is 7.67. The third kappa shape index (κ3) is 4.81. The largest absolute Gasteiger partial charge is 0.479 e. The molecule has 0 spiro atoms. The van der Waals surface area contributed by atoms with Crippen LogP contribution in [-0.4, -0.2) is 58.9 Å². The number of aliphatic carboxylic acids is 1. The molecule has 1 aliphatic heterocycles. The number of aliphatic hydroxyl groups excluding tert-OH is 2. The molecule has 1 saturated heterocycles. The van der Waals surface area contributed by atoms with E-state index in [1.54, 1.807) is 25.2 Å². The molecule has 0 radical (unpaired) electrons. The predicted octanol–water partition coefficient (Wildman–Crippen LogP) is 0.0916. The molecule has 2 rings (SSSR count). The lowest BCUT2D eigenvalue weighted by atomic mass is 10.0. The highest BCUT2D eigenvalue weighted by atomic mass is 16.7. The van der Waals surface area contributed by atoms with E-state index in [1.165, 1.54) is 6.92 Å². The molecule has 9 heteroatoms. The minimum absolute atomic E-state index is 0.0801. The fourth-order valence-corrected chi connectivity index (χ4v) is 2.41. The molecule has 138 valence electrons. The van der Waals surface area contributed by atoms with Gasteiger partial charge in [-0.15, -0.1) is 0 Å². The molecule has 0 bridgehead atoms. The summed E-state index contributed by atoms with van der Waals surface area (Å²) in [6.07, 6.45) is -5.49. The number of anilines is 1. The van der Waals surface area contributed by atoms with E-state index >= 15 is 0 Å². The highest BCUT2D eigenvalue weighted by molar-refractivity contribution is 5.73. The van der Waals surface area contributed by atoms with Gasteiger partial charge in [0.05, 0.1) is 11.8 Å². The highest BCUT2D eigenvalue weighted by Crippen LogP contribution is 2.30. The number of nitrogens with one attached hydrogen (secondary N) is 1. The second-order valence-corrected chi connectivity index (χ2v) is 5.60. The van der Waals surface area contributed by atoms with E-state index in [4.69, 9.17) is 19.3 Å². The molecule has 1 heterocycles. The number of hydrogen-bond donors (Lipinski definition) is 4. The van der Waals surface area contributed by atoms with Gasteiger partial charge in [0.25, 0.3) is 0 Å². The Labute approximate surface area is 144 Å². The summed E-state index contributed by atoms with van der Waals surface area (Å²) in [7, 11) is 1.66. The quantitative estimate of drug-likeness (QED) is 0.524. The van der Waals surface area contributed by atoms with Crippen LogP contribution in [0.1, 0.15) is 18.9 Å². The molecule has 1 aromatic rings. The van der Waals surface area contributed by atoms with Crippen LogP contribution >= 0.6 is 0 Å². The Balaban J connectivity index is 2.10. The Morgan fingerprint density at radius 2 is 2.08 bits per heavy atom. The van der Waals surface area contributed by atoms with Crippen molar-refractivity contribution in [3.05, 3.63) is 23.8 Å². The fraction of sp³-hybridized carbons (Fsp3) is 0.500. The Morgan fingerprint density at radius 3 is 2.68 bits per heavy atom. The standard InChI is InChI=1S/C16H21NO8/c1-8(18)23-7-9-3-4-12(10(5-9)17-2)24-13-6-11(19)14(20)15(25-13)16(21)22/h3-5,11,13-15,17,19-20H,6-7H2,1-2H3,(H,21,22)/t11-,13-,14+,15+/m1/s1. The lowest BCUT2D eigenvalue weighted by Crippen LogP contribution is -2.53. The number of ether oxygens (including phenoxy) is 3. The van der Waals surface area contributed by atoms with E-state index < -0.39 is 36.5 Å². The minimum atomic E-state index is -1.57. The smallest absolute Gasteiger partial charge is 0.335 e. The number of carbonyl (C=O) groups excluding carboxylic acids is 1. The molecule has 0 amide bonds. The van der Waals surface area contributed by atoms with Crippen LogP contribution in [0, 0.1) is 0 Å². The van der Waals surface area contributed by atoms with Gasteiger partial charge in [0.1, 0.15) is 18.5 Å². The lowest BCUT2D eigenvalue weighted by molar-refractivity contribution is -0.228. The molecule has 0 saturated carbocycles. The molecule has 1 aromatic carbocycles. The van der Waals surface area contributed by atoms with Crippen LogP contribution < -0.4 is 10.1 Å². The summed E-state index contributed by atoms with van der Waals surface area (Å²) in [6, 6.07) is 5.00. The summed E-state index contributed by atoms with van der Waals surface area (Å²) in [5, 5.41) is 31.4. The number of carboxylic acid groups (broad SMARTS) is 1. The topological polar surface area (TPSA) is 135 Å². The van der Waals surface area contributed by atoms with Crippen molar-refractivity contribution in [3.63, 3.8) is 0 Å². The van der Waals surface area contributed by atoms with Gasteiger partial charge < -0.3 is 34.8 Å². The Kier molecular flexibility index (Phi) is 6.18. The number of benzene rings is 1. The van der Waals surface area contributed by atoms with Crippen molar-refractivity contribution in [1.29, 1.82) is 0 Å². The van der Waals surface area contributed by atoms with Gasteiger partial charge in [0, 0.05) is 20.4 Å². The van der Waals surface area contributed by atoms with Crippen LogP contribution in [0.25, 0.3) is 0 Å². The van der Waals surface area contributed by atoms with Crippen LogP contribution in [0.3, 0.4) is 0 Å². The van der Waals surface area contributed by atoms with E-state index in [9.17, 15) is 19.8 Å². The summed E-state index contributed by atoms with van der Waals surface area (Å²) >= 11 is 0. The van der Waals surface area contributed by atoms with E-state index in [1.807, 2.05) is 0 Å². The van der Waals surface area contributed by atoms with Gasteiger partial charge >= 0.3 is 11.9 Å². The fourth-order valence-electron chi connectivity index (χ4n) is 2.41. The number of carbonyl (C=O) groups is 2. The first kappa shape index (κ1) is 19.0. The summed E-state index contributed by atoms with van der Waals surface area (Å²) in [4.78, 5) is 22.0. The van der Waals surface area contributed by atoms with Gasteiger partial charge in [-0.2, -0.15) is 0 Å². The zero-order valence-corrected chi connectivity index (χ0v) is 13.8. The molecule has 9 nitrogen and oxygen atoms in total. The van der Waals surface area contributed by atoms with Gasteiger partial charge in [-0.05, 0) is 17.7 Å². The first-order chi connectivity index (χ1) is 11.8. The Bertz CT molecular complexity index is 635. The number of esters is 1. The maximum Gasteiger partial charge on any atom is 0.335 e. The molecule has 0 aromatic heterocycles. The number of aliphatic hydroxyl groups is 2. The van der Waals surface area contributed by atoms with Gasteiger partial charge in [-0.3, -0.25) is 4.79 Å². The summed E-state index contributed by atoms with van der Waals surface area (Å²) in [6.45, 7) is 1.42. The summed E-state index contributed by atoms with van der Waals surface area (Å²) in [5.41, 5.74) is 1.30. The van der Waals surface area contributed by atoms with E-state index in [0.29, 0.717) is 11.4 Å². The zero-order valence-electron chi connectivity index (χ0n) is 13.8.